The van der Waals surface area contributed by atoms with Gasteiger partial charge in [-0.2, -0.15) is 0 Å². The average molecular weight is 196 g/mol. The topological polar surface area (TPSA) is 0 Å². The van der Waals surface area contributed by atoms with E-state index in [-0.39, 0.29) is 0 Å². The van der Waals surface area contributed by atoms with E-state index in [0.29, 0.717) is 5.41 Å². The summed E-state index contributed by atoms with van der Waals surface area (Å²) in [5.41, 5.74) is 1.84. The monoisotopic (exact) mass is 196 g/mol. The summed E-state index contributed by atoms with van der Waals surface area (Å²) in [6.45, 7) is 15.6. The van der Waals surface area contributed by atoms with Crippen molar-refractivity contribution in [2.24, 2.45) is 11.3 Å². The van der Waals surface area contributed by atoms with Gasteiger partial charge in [0.1, 0.15) is 0 Å². The molecule has 14 heavy (non-hydrogen) atoms. The Balaban J connectivity index is 4.20. The molecule has 0 saturated carbocycles. The zero-order valence-corrected chi connectivity index (χ0v) is 10.8. The number of hydrogen-bond acceptors (Lipinski definition) is 0. The third-order valence-electron chi connectivity index (χ3n) is 3.57. The second kappa shape index (κ2) is 6.27. The first-order valence-electron chi connectivity index (χ1n) is 6.08. The van der Waals surface area contributed by atoms with E-state index in [1.807, 2.05) is 0 Å². The summed E-state index contributed by atoms with van der Waals surface area (Å²) in [7, 11) is 0. The van der Waals surface area contributed by atoms with E-state index in [2.05, 4.69) is 41.2 Å². The first-order valence-corrected chi connectivity index (χ1v) is 6.08. The highest BCUT2D eigenvalue weighted by molar-refractivity contribution is 4.90. The molecule has 0 aliphatic carbocycles. The minimum atomic E-state index is 0.505. The third-order valence-corrected chi connectivity index (χ3v) is 3.57. The molecule has 0 bridgehead atoms. The van der Waals surface area contributed by atoms with Gasteiger partial charge in [-0.3, -0.25) is 0 Å². The molecule has 0 saturated heterocycles. The van der Waals surface area contributed by atoms with Gasteiger partial charge in [0.05, 0.1) is 0 Å². The van der Waals surface area contributed by atoms with Gasteiger partial charge in [-0.15, -0.1) is 6.58 Å². The van der Waals surface area contributed by atoms with Gasteiger partial charge >= 0.3 is 0 Å². The second-order valence-electron chi connectivity index (χ2n) is 5.32. The lowest BCUT2D eigenvalue weighted by atomic mass is 9.72. The highest BCUT2D eigenvalue weighted by Crippen LogP contribution is 2.37. The van der Waals surface area contributed by atoms with Crippen molar-refractivity contribution in [3.8, 4) is 0 Å². The summed E-state index contributed by atoms with van der Waals surface area (Å²) in [5.74, 6) is 0.870. The molecule has 0 aromatic heterocycles. The van der Waals surface area contributed by atoms with E-state index >= 15 is 0 Å². The van der Waals surface area contributed by atoms with Crippen LogP contribution in [-0.4, -0.2) is 0 Å². The van der Waals surface area contributed by atoms with E-state index in [0.717, 1.165) is 5.92 Å². The maximum absolute atomic E-state index is 4.00. The maximum atomic E-state index is 4.00. The van der Waals surface area contributed by atoms with E-state index < -0.39 is 0 Å². The molecule has 84 valence electrons. The van der Waals surface area contributed by atoms with Gasteiger partial charge in [-0.05, 0) is 31.1 Å². The standard InChI is InChI=1S/C14H28/c1-7-9-13(11-10-12(3)4)14(5,6)8-2/h13H,3,7-11H2,1-2,4-6H3. The SMILES string of the molecule is C=C(C)CCC(CCC)C(C)(C)CC. The van der Waals surface area contributed by atoms with Gasteiger partial charge in [0.25, 0.3) is 0 Å². The van der Waals surface area contributed by atoms with Crippen LogP contribution in [0.2, 0.25) is 0 Å². The fourth-order valence-corrected chi connectivity index (χ4v) is 1.98. The summed E-state index contributed by atoms with van der Waals surface area (Å²) in [6, 6.07) is 0. The van der Waals surface area contributed by atoms with Crippen LogP contribution in [0.5, 0.6) is 0 Å². The van der Waals surface area contributed by atoms with Crippen LogP contribution in [0.4, 0.5) is 0 Å². The van der Waals surface area contributed by atoms with Crippen LogP contribution in [0, 0.1) is 11.3 Å². The van der Waals surface area contributed by atoms with Gasteiger partial charge in [0.15, 0.2) is 0 Å². The summed E-state index contributed by atoms with van der Waals surface area (Å²) >= 11 is 0. The molecule has 0 spiro atoms. The lowest BCUT2D eigenvalue weighted by Crippen LogP contribution is -2.23. The average Bonchev–Trinajstić information content (AvgIpc) is 2.11. The Labute approximate surface area is 90.8 Å². The molecule has 0 fully saturated rings. The zero-order chi connectivity index (χ0) is 11.2. The van der Waals surface area contributed by atoms with E-state index in [9.17, 15) is 0 Å². The Morgan fingerprint density at radius 3 is 2.14 bits per heavy atom. The Kier molecular flexibility index (Phi) is 6.15. The number of rotatable bonds is 7. The van der Waals surface area contributed by atoms with Crippen molar-refractivity contribution in [3.63, 3.8) is 0 Å². The van der Waals surface area contributed by atoms with Crippen LogP contribution in [-0.2, 0) is 0 Å². The summed E-state index contributed by atoms with van der Waals surface area (Å²) in [4.78, 5) is 0. The van der Waals surface area contributed by atoms with Crippen molar-refractivity contribution in [2.75, 3.05) is 0 Å². The smallest absolute Gasteiger partial charge is 0.0323 e. The van der Waals surface area contributed by atoms with Crippen LogP contribution in [0.25, 0.3) is 0 Å². The van der Waals surface area contributed by atoms with Crippen molar-refractivity contribution >= 4 is 0 Å². The van der Waals surface area contributed by atoms with Gasteiger partial charge in [-0.1, -0.05) is 52.5 Å². The molecule has 1 unspecified atom stereocenters. The van der Waals surface area contributed by atoms with Crippen molar-refractivity contribution in [3.05, 3.63) is 12.2 Å². The normalized spacial score (nSPS) is 14.1. The molecule has 0 aliphatic rings. The van der Waals surface area contributed by atoms with E-state index in [4.69, 9.17) is 0 Å². The van der Waals surface area contributed by atoms with E-state index in [1.165, 1.54) is 37.7 Å². The van der Waals surface area contributed by atoms with Crippen LogP contribution < -0.4 is 0 Å². The molecular formula is C14H28. The van der Waals surface area contributed by atoms with Crippen molar-refractivity contribution in [2.45, 2.75) is 66.7 Å². The Morgan fingerprint density at radius 2 is 1.79 bits per heavy atom. The zero-order valence-electron chi connectivity index (χ0n) is 10.8. The largest absolute Gasteiger partial charge is 0.100 e. The summed E-state index contributed by atoms with van der Waals surface area (Å²) < 4.78 is 0. The Hall–Kier alpha value is -0.260. The molecular weight excluding hydrogens is 168 g/mol. The quantitative estimate of drug-likeness (QED) is 0.491. The van der Waals surface area contributed by atoms with E-state index in [1.54, 1.807) is 0 Å². The molecule has 0 heterocycles. The Morgan fingerprint density at radius 1 is 1.21 bits per heavy atom. The van der Waals surface area contributed by atoms with Crippen molar-refractivity contribution < 1.29 is 0 Å². The first-order chi connectivity index (χ1) is 6.44. The van der Waals surface area contributed by atoms with Crippen LogP contribution in [0.15, 0.2) is 12.2 Å². The van der Waals surface area contributed by atoms with Crippen molar-refractivity contribution in [1.29, 1.82) is 0 Å². The van der Waals surface area contributed by atoms with Crippen molar-refractivity contribution in [1.82, 2.24) is 0 Å². The fourth-order valence-electron chi connectivity index (χ4n) is 1.98. The molecule has 0 aromatic rings. The lowest BCUT2D eigenvalue weighted by molar-refractivity contribution is 0.178. The molecule has 0 aliphatic heterocycles. The molecule has 0 aromatic carbocycles. The van der Waals surface area contributed by atoms with Gasteiger partial charge < -0.3 is 0 Å². The number of hydrogen-bond donors (Lipinski definition) is 0. The van der Waals surface area contributed by atoms with Crippen LogP contribution in [0.1, 0.15) is 66.7 Å². The Bertz CT molecular complexity index is 165. The van der Waals surface area contributed by atoms with Gasteiger partial charge in [0, 0.05) is 0 Å². The maximum Gasteiger partial charge on any atom is -0.0323 e. The molecule has 0 nitrogen and oxygen atoms in total. The molecule has 1 atom stereocenters. The minimum absolute atomic E-state index is 0.505. The first kappa shape index (κ1) is 13.7. The minimum Gasteiger partial charge on any atom is -0.100 e. The van der Waals surface area contributed by atoms with Gasteiger partial charge in [0.2, 0.25) is 0 Å². The predicted molar refractivity (Wildman–Crippen MR) is 66.5 cm³/mol. The van der Waals surface area contributed by atoms with Crippen LogP contribution in [0.3, 0.4) is 0 Å². The van der Waals surface area contributed by atoms with Crippen LogP contribution >= 0.6 is 0 Å². The molecule has 0 amide bonds. The molecule has 0 rings (SSSR count). The highest BCUT2D eigenvalue weighted by atomic mass is 14.3. The lowest BCUT2D eigenvalue weighted by Gasteiger charge is -2.33. The molecule has 0 radical (unpaired) electrons. The predicted octanol–water partition coefficient (Wildman–Crippen LogP) is 5.20. The fraction of sp³-hybridized carbons (Fsp3) is 0.857. The summed E-state index contributed by atoms with van der Waals surface area (Å²) in [5, 5.41) is 0. The third kappa shape index (κ3) is 4.83. The molecule has 0 N–H and O–H groups in total. The van der Waals surface area contributed by atoms with Gasteiger partial charge in [-0.25, -0.2) is 0 Å². The number of allylic oxidation sites excluding steroid dienone is 1. The molecule has 0 heteroatoms. The second-order valence-corrected chi connectivity index (χ2v) is 5.32. The highest BCUT2D eigenvalue weighted by Gasteiger charge is 2.26. The summed E-state index contributed by atoms with van der Waals surface area (Å²) in [6.07, 6.45) is 6.49.